The molecule has 118 valence electrons. The molecule has 1 heterocycles. The summed E-state index contributed by atoms with van der Waals surface area (Å²) in [5.41, 5.74) is 0.576. The van der Waals surface area contributed by atoms with E-state index in [9.17, 15) is 23.1 Å². The van der Waals surface area contributed by atoms with E-state index in [0.717, 1.165) is 17.7 Å². The van der Waals surface area contributed by atoms with E-state index in [4.69, 9.17) is 0 Å². The highest BCUT2D eigenvalue weighted by atomic mass is 19.4. The fourth-order valence-electron chi connectivity index (χ4n) is 2.20. The molecule has 0 atom stereocenters. The average molecular weight is 311 g/mol. The standard InChI is InChI=1S/C16H16F3NO2/c1-10(2)12-7-14(15(21)22)20(9-12)8-11-4-3-5-13(6-11)16(17,18)19/h3-7,9-10H,8H2,1-2H3,(H,21,22). The SMILES string of the molecule is CC(C)c1cc(C(=O)O)n(Cc2cccc(C(F)(F)F)c2)c1. The lowest BCUT2D eigenvalue weighted by Gasteiger charge is -2.10. The minimum Gasteiger partial charge on any atom is -0.477 e. The van der Waals surface area contributed by atoms with Gasteiger partial charge in [-0.2, -0.15) is 13.2 Å². The van der Waals surface area contributed by atoms with Crippen molar-refractivity contribution in [3.8, 4) is 0 Å². The maximum Gasteiger partial charge on any atom is 0.416 e. The molecule has 0 saturated carbocycles. The summed E-state index contributed by atoms with van der Waals surface area (Å²) in [4.78, 5) is 11.3. The van der Waals surface area contributed by atoms with Crippen LogP contribution in [-0.2, 0) is 12.7 Å². The zero-order valence-electron chi connectivity index (χ0n) is 12.2. The van der Waals surface area contributed by atoms with Gasteiger partial charge < -0.3 is 9.67 Å². The molecule has 0 radical (unpaired) electrons. The number of aromatic carboxylic acids is 1. The molecule has 0 unspecified atom stereocenters. The number of alkyl halides is 3. The highest BCUT2D eigenvalue weighted by molar-refractivity contribution is 5.86. The van der Waals surface area contributed by atoms with Gasteiger partial charge in [0.05, 0.1) is 5.56 Å². The number of carboxylic acids is 1. The van der Waals surface area contributed by atoms with Crippen LogP contribution in [0, 0.1) is 0 Å². The third kappa shape index (κ3) is 3.50. The van der Waals surface area contributed by atoms with Crippen molar-refractivity contribution >= 4 is 5.97 Å². The molecule has 2 rings (SSSR count). The second kappa shape index (κ2) is 5.87. The summed E-state index contributed by atoms with van der Waals surface area (Å²) < 4.78 is 39.6. The third-order valence-electron chi connectivity index (χ3n) is 3.41. The normalized spacial score (nSPS) is 11.9. The first kappa shape index (κ1) is 16.1. The summed E-state index contributed by atoms with van der Waals surface area (Å²) in [7, 11) is 0. The van der Waals surface area contributed by atoms with Crippen molar-refractivity contribution in [3.05, 3.63) is 58.9 Å². The molecule has 22 heavy (non-hydrogen) atoms. The molecule has 1 N–H and O–H groups in total. The molecule has 0 saturated heterocycles. The number of carboxylic acid groups (broad SMARTS) is 1. The van der Waals surface area contributed by atoms with Crippen molar-refractivity contribution in [2.24, 2.45) is 0 Å². The minimum absolute atomic E-state index is 0.0705. The molecule has 3 nitrogen and oxygen atoms in total. The largest absolute Gasteiger partial charge is 0.477 e. The van der Waals surface area contributed by atoms with Crippen LogP contribution in [0.2, 0.25) is 0 Å². The maximum absolute atomic E-state index is 12.7. The van der Waals surface area contributed by atoms with Crippen LogP contribution in [-0.4, -0.2) is 15.6 Å². The highest BCUT2D eigenvalue weighted by Crippen LogP contribution is 2.30. The number of aromatic nitrogens is 1. The lowest BCUT2D eigenvalue weighted by atomic mass is 10.1. The van der Waals surface area contributed by atoms with Crippen molar-refractivity contribution in [1.82, 2.24) is 4.57 Å². The number of benzene rings is 1. The van der Waals surface area contributed by atoms with Gasteiger partial charge in [-0.1, -0.05) is 26.0 Å². The van der Waals surface area contributed by atoms with Gasteiger partial charge in [0, 0.05) is 12.7 Å². The van der Waals surface area contributed by atoms with E-state index in [1.807, 2.05) is 13.8 Å². The Kier molecular flexibility index (Phi) is 4.30. The van der Waals surface area contributed by atoms with Crippen LogP contribution < -0.4 is 0 Å². The summed E-state index contributed by atoms with van der Waals surface area (Å²) in [6, 6.07) is 6.47. The van der Waals surface area contributed by atoms with Gasteiger partial charge in [-0.25, -0.2) is 4.79 Å². The molecule has 2 aromatic rings. The van der Waals surface area contributed by atoms with Crippen LogP contribution in [0.25, 0.3) is 0 Å². The van der Waals surface area contributed by atoms with E-state index in [-0.39, 0.29) is 18.2 Å². The van der Waals surface area contributed by atoms with E-state index >= 15 is 0 Å². The molecular formula is C16H16F3NO2. The van der Waals surface area contributed by atoms with Crippen LogP contribution in [0.4, 0.5) is 13.2 Å². The molecule has 1 aromatic heterocycles. The van der Waals surface area contributed by atoms with E-state index < -0.39 is 17.7 Å². The Bertz CT molecular complexity index is 687. The van der Waals surface area contributed by atoms with Crippen LogP contribution in [0.3, 0.4) is 0 Å². The zero-order chi connectivity index (χ0) is 16.5. The van der Waals surface area contributed by atoms with E-state index in [0.29, 0.717) is 5.56 Å². The Labute approximate surface area is 126 Å². The first-order valence-corrected chi connectivity index (χ1v) is 6.78. The fourth-order valence-corrected chi connectivity index (χ4v) is 2.20. The molecule has 0 aliphatic heterocycles. The number of nitrogens with zero attached hydrogens (tertiary/aromatic N) is 1. The Morgan fingerprint density at radius 2 is 1.95 bits per heavy atom. The number of hydrogen-bond donors (Lipinski definition) is 1. The number of rotatable bonds is 4. The monoisotopic (exact) mass is 311 g/mol. The van der Waals surface area contributed by atoms with Gasteiger partial charge in [0.15, 0.2) is 0 Å². The number of carbonyl (C=O) groups is 1. The Hall–Kier alpha value is -2.24. The van der Waals surface area contributed by atoms with Gasteiger partial charge in [0.1, 0.15) is 5.69 Å². The molecule has 6 heteroatoms. The van der Waals surface area contributed by atoms with Gasteiger partial charge >= 0.3 is 12.1 Å². The molecule has 1 aromatic carbocycles. The van der Waals surface area contributed by atoms with Crippen LogP contribution in [0.15, 0.2) is 36.5 Å². The van der Waals surface area contributed by atoms with E-state index in [1.54, 1.807) is 18.3 Å². The molecule has 0 amide bonds. The lowest BCUT2D eigenvalue weighted by Crippen LogP contribution is -2.10. The van der Waals surface area contributed by atoms with Gasteiger partial charge in [-0.15, -0.1) is 0 Å². The number of halogens is 3. The van der Waals surface area contributed by atoms with Crippen LogP contribution >= 0.6 is 0 Å². The predicted molar refractivity (Wildman–Crippen MR) is 76.0 cm³/mol. The van der Waals surface area contributed by atoms with Gasteiger partial charge in [0.2, 0.25) is 0 Å². The summed E-state index contributed by atoms with van der Waals surface area (Å²) >= 11 is 0. The van der Waals surface area contributed by atoms with Crippen molar-refractivity contribution in [2.75, 3.05) is 0 Å². The van der Waals surface area contributed by atoms with Gasteiger partial charge in [-0.05, 0) is 35.2 Å². The fraction of sp³-hybridized carbons (Fsp3) is 0.312. The predicted octanol–water partition coefficient (Wildman–Crippen LogP) is 4.38. The zero-order valence-corrected chi connectivity index (χ0v) is 12.2. The Balaban J connectivity index is 2.36. The van der Waals surface area contributed by atoms with Crippen molar-refractivity contribution in [2.45, 2.75) is 32.5 Å². The molecule has 0 bridgehead atoms. The van der Waals surface area contributed by atoms with Crippen LogP contribution in [0.5, 0.6) is 0 Å². The molecular weight excluding hydrogens is 295 g/mol. The smallest absolute Gasteiger partial charge is 0.416 e. The average Bonchev–Trinajstić information content (AvgIpc) is 2.82. The molecule has 0 aliphatic carbocycles. The Morgan fingerprint density at radius 1 is 1.27 bits per heavy atom. The molecule has 0 spiro atoms. The molecule has 0 aliphatic rings. The lowest BCUT2D eigenvalue weighted by molar-refractivity contribution is -0.137. The topological polar surface area (TPSA) is 42.2 Å². The summed E-state index contributed by atoms with van der Waals surface area (Å²) in [6.07, 6.45) is -2.74. The quantitative estimate of drug-likeness (QED) is 0.910. The first-order valence-electron chi connectivity index (χ1n) is 6.78. The summed E-state index contributed by atoms with van der Waals surface area (Å²) in [5, 5.41) is 9.22. The second-order valence-electron chi connectivity index (χ2n) is 5.44. The number of hydrogen-bond acceptors (Lipinski definition) is 1. The summed E-state index contributed by atoms with van der Waals surface area (Å²) in [6.45, 7) is 3.93. The van der Waals surface area contributed by atoms with Crippen LogP contribution in [0.1, 0.15) is 46.9 Å². The van der Waals surface area contributed by atoms with Crippen molar-refractivity contribution in [1.29, 1.82) is 0 Å². The van der Waals surface area contributed by atoms with E-state index in [1.165, 1.54) is 10.6 Å². The Morgan fingerprint density at radius 3 is 2.50 bits per heavy atom. The highest BCUT2D eigenvalue weighted by Gasteiger charge is 2.30. The minimum atomic E-state index is -4.41. The van der Waals surface area contributed by atoms with Gasteiger partial charge in [-0.3, -0.25) is 0 Å². The van der Waals surface area contributed by atoms with Gasteiger partial charge in [0.25, 0.3) is 0 Å². The first-order chi connectivity index (χ1) is 10.2. The third-order valence-corrected chi connectivity index (χ3v) is 3.41. The summed E-state index contributed by atoms with van der Waals surface area (Å²) in [5.74, 6) is -0.959. The van der Waals surface area contributed by atoms with Crippen molar-refractivity contribution in [3.63, 3.8) is 0 Å². The molecule has 0 fully saturated rings. The van der Waals surface area contributed by atoms with E-state index in [2.05, 4.69) is 0 Å². The van der Waals surface area contributed by atoms with Crippen molar-refractivity contribution < 1.29 is 23.1 Å². The second-order valence-corrected chi connectivity index (χ2v) is 5.44. The maximum atomic E-state index is 12.7.